The minimum atomic E-state index is 0.216. The molecule has 1 N–H and O–H groups in total. The number of fused-ring (bicyclic) bond motifs is 1. The lowest BCUT2D eigenvalue weighted by atomic mass is 9.91. The van der Waals surface area contributed by atoms with Gasteiger partial charge >= 0.3 is 0 Å². The number of hydrogen-bond donors (Lipinski definition) is 1. The van der Waals surface area contributed by atoms with Gasteiger partial charge in [0.05, 0.1) is 22.7 Å². The summed E-state index contributed by atoms with van der Waals surface area (Å²) in [7, 11) is 0. The van der Waals surface area contributed by atoms with E-state index in [-0.39, 0.29) is 5.75 Å². The number of benzene rings is 11. The first-order chi connectivity index (χ1) is 35.7. The Labute approximate surface area is 427 Å². The Morgan fingerprint density at radius 3 is 1.75 bits per heavy atom. The molecule has 0 aliphatic carbocycles. The molecule has 4 heteroatoms. The van der Waals surface area contributed by atoms with Gasteiger partial charge in [-0.3, -0.25) is 0 Å². The maximum absolute atomic E-state index is 12.6. The molecular formula is C69H56N2O2. The van der Waals surface area contributed by atoms with Crippen molar-refractivity contribution < 1.29 is 9.52 Å². The van der Waals surface area contributed by atoms with Crippen molar-refractivity contribution in [3.63, 3.8) is 0 Å². The van der Waals surface area contributed by atoms with Gasteiger partial charge in [-0.2, -0.15) is 0 Å². The molecule has 0 spiro atoms. The van der Waals surface area contributed by atoms with Crippen LogP contribution in [0.1, 0.15) is 52.5 Å². The van der Waals surface area contributed by atoms with Crippen LogP contribution in [-0.2, 0) is 0 Å². The Morgan fingerprint density at radius 2 is 1.05 bits per heavy atom. The van der Waals surface area contributed by atoms with E-state index in [1.165, 1.54) is 44.2 Å². The second-order valence-corrected chi connectivity index (χ2v) is 19.5. The summed E-state index contributed by atoms with van der Waals surface area (Å²) in [6.07, 6.45) is 3.18. The summed E-state index contributed by atoms with van der Waals surface area (Å²) < 4.78 is 7.21. The molecule has 0 aliphatic rings. The molecule has 354 valence electrons. The van der Waals surface area contributed by atoms with Gasteiger partial charge in [-0.1, -0.05) is 165 Å². The van der Waals surface area contributed by atoms with Gasteiger partial charge in [-0.05, 0) is 162 Å². The van der Waals surface area contributed by atoms with Crippen LogP contribution in [0.4, 0.5) is 34.1 Å². The average molecular weight is 945 g/mol. The molecule has 0 radical (unpaired) electrons. The lowest BCUT2D eigenvalue weighted by Gasteiger charge is -2.30. The van der Waals surface area contributed by atoms with Gasteiger partial charge < -0.3 is 19.3 Å². The Hall–Kier alpha value is -8.86. The van der Waals surface area contributed by atoms with Crippen LogP contribution in [0, 0.1) is 34.6 Å². The Bertz CT molecular complexity index is 4080. The summed E-state index contributed by atoms with van der Waals surface area (Å²) in [6.45, 7) is 13.0. The number of anilines is 6. The molecule has 0 atom stereocenters. The van der Waals surface area contributed by atoms with E-state index in [2.05, 4.69) is 245 Å². The van der Waals surface area contributed by atoms with Crippen LogP contribution in [0.3, 0.4) is 0 Å². The normalized spacial score (nSPS) is 11.9. The fourth-order valence-electron chi connectivity index (χ4n) is 11.4. The van der Waals surface area contributed by atoms with Crippen molar-refractivity contribution in [3.05, 3.63) is 251 Å². The monoisotopic (exact) mass is 944 g/mol. The predicted octanol–water partition coefficient (Wildman–Crippen LogP) is 19.7. The van der Waals surface area contributed by atoms with Crippen LogP contribution >= 0.6 is 0 Å². The van der Waals surface area contributed by atoms with Crippen LogP contribution in [0.2, 0.25) is 0 Å². The van der Waals surface area contributed by atoms with Crippen molar-refractivity contribution >= 4 is 83.0 Å². The zero-order valence-electron chi connectivity index (χ0n) is 42.2. The van der Waals surface area contributed by atoms with Gasteiger partial charge in [-0.25, -0.2) is 0 Å². The van der Waals surface area contributed by atoms with E-state index in [4.69, 9.17) is 4.42 Å². The standard InChI is InChI=1S/C69H56N2O2/c1-7-18-57(54-28-12-11-20-44(54)3)68-47(6)55-29-16-32-63(69(55)73-68)71(53-27-13-19-43(2)41-53)61-40-36-49-33-37-58-60(39-35-48-34-38-59(61)66(49)65(48)58)70(52-25-9-8-10-26-52)62-31-17-30-56(67(62)72)50-23-15-24-51(42-50)64-45(4)21-14-22-46(64)5/h8-42,72H,7H2,1-6H3/b57-18-. The molecule has 12 rings (SSSR count). The summed E-state index contributed by atoms with van der Waals surface area (Å²) in [5, 5.41) is 20.6. The van der Waals surface area contributed by atoms with Gasteiger partial charge in [0.25, 0.3) is 0 Å². The van der Waals surface area contributed by atoms with E-state index >= 15 is 0 Å². The number of para-hydroxylation sites is 3. The number of phenols is 1. The molecule has 73 heavy (non-hydrogen) atoms. The second kappa shape index (κ2) is 18.4. The third-order valence-corrected chi connectivity index (χ3v) is 14.8. The minimum absolute atomic E-state index is 0.216. The summed E-state index contributed by atoms with van der Waals surface area (Å²) in [4.78, 5) is 4.61. The predicted molar refractivity (Wildman–Crippen MR) is 309 cm³/mol. The van der Waals surface area contributed by atoms with E-state index in [1.807, 2.05) is 18.2 Å². The zero-order valence-corrected chi connectivity index (χ0v) is 42.2. The van der Waals surface area contributed by atoms with Gasteiger partial charge in [0.15, 0.2) is 5.58 Å². The molecule has 0 unspecified atom stereocenters. The van der Waals surface area contributed by atoms with Crippen LogP contribution in [0.15, 0.2) is 217 Å². The quantitative estimate of drug-likeness (QED) is 0.131. The third-order valence-electron chi connectivity index (χ3n) is 14.8. The van der Waals surface area contributed by atoms with Gasteiger partial charge in [0.2, 0.25) is 0 Å². The summed E-state index contributed by atoms with van der Waals surface area (Å²) in [6, 6.07) is 73.4. The molecule has 1 aromatic heterocycles. The largest absolute Gasteiger partial charge is 0.505 e. The molecule has 0 bridgehead atoms. The molecule has 0 amide bonds. The first-order valence-electron chi connectivity index (χ1n) is 25.4. The lowest BCUT2D eigenvalue weighted by molar-refractivity contribution is 0.478. The van der Waals surface area contributed by atoms with E-state index in [0.29, 0.717) is 5.69 Å². The Kier molecular flexibility index (Phi) is 11.4. The molecule has 0 fully saturated rings. The van der Waals surface area contributed by atoms with Crippen molar-refractivity contribution in [2.75, 3.05) is 9.80 Å². The molecular weight excluding hydrogens is 889 g/mol. The molecule has 0 saturated carbocycles. The smallest absolute Gasteiger partial charge is 0.159 e. The number of hydrogen-bond acceptors (Lipinski definition) is 4. The van der Waals surface area contributed by atoms with E-state index in [1.54, 1.807) is 0 Å². The third kappa shape index (κ3) is 7.69. The van der Waals surface area contributed by atoms with Crippen LogP contribution in [0.5, 0.6) is 5.75 Å². The highest BCUT2D eigenvalue weighted by Crippen LogP contribution is 2.51. The number of nitrogens with zero attached hydrogens (tertiary/aromatic N) is 2. The van der Waals surface area contributed by atoms with Gasteiger partial charge in [-0.15, -0.1) is 0 Å². The minimum Gasteiger partial charge on any atom is -0.505 e. The molecule has 11 aromatic carbocycles. The number of phenolic OH excluding ortho intramolecular Hbond substituents is 1. The highest BCUT2D eigenvalue weighted by molar-refractivity contribution is 6.28. The topological polar surface area (TPSA) is 39.9 Å². The van der Waals surface area contributed by atoms with Gasteiger partial charge in [0.1, 0.15) is 11.5 Å². The number of aromatic hydroxyl groups is 1. The molecule has 1 heterocycles. The van der Waals surface area contributed by atoms with Crippen LogP contribution in [-0.4, -0.2) is 5.11 Å². The number of allylic oxidation sites excluding steroid dienone is 1. The van der Waals surface area contributed by atoms with Crippen molar-refractivity contribution in [2.45, 2.75) is 48.0 Å². The molecule has 12 aromatic rings. The lowest BCUT2D eigenvalue weighted by Crippen LogP contribution is -2.12. The highest BCUT2D eigenvalue weighted by Gasteiger charge is 2.27. The fourth-order valence-corrected chi connectivity index (χ4v) is 11.4. The first kappa shape index (κ1) is 45.3. The maximum Gasteiger partial charge on any atom is 0.159 e. The van der Waals surface area contributed by atoms with Crippen molar-refractivity contribution in [1.29, 1.82) is 0 Å². The first-order valence-corrected chi connectivity index (χ1v) is 25.4. The van der Waals surface area contributed by atoms with E-state index in [9.17, 15) is 5.11 Å². The average Bonchev–Trinajstić information content (AvgIpc) is 3.75. The molecule has 0 aliphatic heterocycles. The SMILES string of the molecule is CC/C=C(/c1ccccc1C)c1oc2c(N(c3cccc(C)c3)c3ccc4ccc5c(N(c6ccccc6)c6cccc(-c7cccc(-c8c(C)cccc8C)c7)c6O)ccc6ccc3c4c65)cccc2c1C. The second-order valence-electron chi connectivity index (χ2n) is 19.5. The van der Waals surface area contributed by atoms with Crippen LogP contribution < -0.4 is 9.80 Å². The maximum atomic E-state index is 12.6. The van der Waals surface area contributed by atoms with Crippen molar-refractivity contribution in [2.24, 2.45) is 0 Å². The van der Waals surface area contributed by atoms with E-state index < -0.39 is 0 Å². The number of aryl methyl sites for hydroxylation is 5. The fraction of sp³-hybridized carbons (Fsp3) is 0.101. The molecule has 0 saturated heterocycles. The zero-order chi connectivity index (χ0) is 49.9. The molecule has 4 nitrogen and oxygen atoms in total. The van der Waals surface area contributed by atoms with Crippen LogP contribution in [0.25, 0.3) is 71.1 Å². The van der Waals surface area contributed by atoms with Crippen molar-refractivity contribution in [3.8, 4) is 28.0 Å². The van der Waals surface area contributed by atoms with E-state index in [0.717, 1.165) is 101 Å². The number of furan rings is 1. The van der Waals surface area contributed by atoms with Gasteiger partial charge in [0, 0.05) is 44.2 Å². The highest BCUT2D eigenvalue weighted by atomic mass is 16.3. The Balaban J connectivity index is 1.05. The summed E-state index contributed by atoms with van der Waals surface area (Å²) in [5.41, 5.74) is 18.9. The number of rotatable bonds is 11. The van der Waals surface area contributed by atoms with Crippen molar-refractivity contribution in [1.82, 2.24) is 0 Å². The Morgan fingerprint density at radius 1 is 0.479 bits per heavy atom. The summed E-state index contributed by atoms with van der Waals surface area (Å²) in [5.74, 6) is 1.12. The summed E-state index contributed by atoms with van der Waals surface area (Å²) >= 11 is 0.